The number of amides is 1. The molecule has 2 aromatic rings. The molecule has 0 bridgehead atoms. The van der Waals surface area contributed by atoms with E-state index in [4.69, 9.17) is 9.47 Å². The van der Waals surface area contributed by atoms with Crippen molar-refractivity contribution in [2.24, 2.45) is 5.92 Å². The number of nitrogens with one attached hydrogen (secondary N) is 1. The van der Waals surface area contributed by atoms with Crippen molar-refractivity contribution >= 4 is 5.91 Å². The van der Waals surface area contributed by atoms with Gasteiger partial charge in [0.05, 0.1) is 13.7 Å². The van der Waals surface area contributed by atoms with Crippen LogP contribution in [0.2, 0.25) is 0 Å². The highest BCUT2D eigenvalue weighted by Gasteiger charge is 2.47. The molecule has 1 saturated carbocycles. The molecule has 1 atom stereocenters. The molecule has 30 heavy (non-hydrogen) atoms. The molecule has 7 heteroatoms. The van der Waals surface area contributed by atoms with Crippen LogP contribution < -0.4 is 10.1 Å². The Hall–Kier alpha value is -2.38. The second kappa shape index (κ2) is 8.04. The van der Waals surface area contributed by atoms with E-state index in [9.17, 15) is 4.79 Å². The Labute approximate surface area is 177 Å². The van der Waals surface area contributed by atoms with Crippen LogP contribution in [0.1, 0.15) is 37.1 Å². The normalized spacial score (nSPS) is 23.2. The van der Waals surface area contributed by atoms with Crippen molar-refractivity contribution in [2.75, 3.05) is 26.7 Å². The number of carbonyl (C=O) groups excluding carboxylic acids is 1. The molecule has 1 N–H and O–H groups in total. The van der Waals surface area contributed by atoms with Crippen LogP contribution in [-0.4, -0.2) is 53.2 Å². The van der Waals surface area contributed by atoms with E-state index >= 15 is 0 Å². The van der Waals surface area contributed by atoms with Crippen molar-refractivity contribution in [3.05, 3.63) is 48.0 Å². The standard InChI is InChI=1S/C23H30N4O3/c1-29-19-6-4-18(5-7-19)15-26-11-8-23(9-12-26)22-24-10-13-27(22)16-20(30-23)21(28)25-14-17-2-3-17/h4-7,10,13,17,20H,2-3,8-9,11-12,14-16H2,1H3,(H,25,28)/t20-/m0/s1. The van der Waals surface area contributed by atoms with Gasteiger partial charge < -0.3 is 19.4 Å². The van der Waals surface area contributed by atoms with E-state index in [1.54, 1.807) is 7.11 Å². The van der Waals surface area contributed by atoms with Gasteiger partial charge in [0.25, 0.3) is 5.91 Å². The van der Waals surface area contributed by atoms with Crippen LogP contribution in [0.25, 0.3) is 0 Å². The first-order chi connectivity index (χ1) is 14.6. The molecule has 1 aromatic carbocycles. The zero-order valence-electron chi connectivity index (χ0n) is 17.5. The van der Waals surface area contributed by atoms with Crippen molar-refractivity contribution in [1.82, 2.24) is 19.8 Å². The minimum atomic E-state index is -0.472. The van der Waals surface area contributed by atoms with Gasteiger partial charge in [-0.3, -0.25) is 9.69 Å². The van der Waals surface area contributed by atoms with Crippen LogP contribution in [0, 0.1) is 5.92 Å². The second-order valence-corrected chi connectivity index (χ2v) is 8.82. The number of likely N-dealkylation sites (tertiary alicyclic amines) is 1. The van der Waals surface area contributed by atoms with Gasteiger partial charge in [0, 0.05) is 38.6 Å². The molecule has 1 aliphatic carbocycles. The number of rotatable bonds is 6. The molecule has 3 aliphatic rings. The molecule has 7 nitrogen and oxygen atoms in total. The lowest BCUT2D eigenvalue weighted by Crippen LogP contribution is -2.54. The summed E-state index contributed by atoms with van der Waals surface area (Å²) in [5.74, 6) is 2.53. The summed E-state index contributed by atoms with van der Waals surface area (Å²) in [4.78, 5) is 19.8. The van der Waals surface area contributed by atoms with Gasteiger partial charge in [-0.15, -0.1) is 0 Å². The van der Waals surface area contributed by atoms with Crippen LogP contribution in [0.4, 0.5) is 0 Å². The molecule has 160 valence electrons. The SMILES string of the molecule is COc1ccc(CN2CCC3(CC2)O[C@H](C(=O)NCC2CC2)Cn2ccnc23)cc1. The number of carbonyl (C=O) groups is 1. The number of fused-ring (bicyclic) bond motifs is 2. The summed E-state index contributed by atoms with van der Waals surface area (Å²) < 4.78 is 13.9. The first-order valence-corrected chi connectivity index (χ1v) is 11.0. The summed E-state index contributed by atoms with van der Waals surface area (Å²) >= 11 is 0. The van der Waals surface area contributed by atoms with E-state index in [1.807, 2.05) is 24.5 Å². The fraction of sp³-hybridized carbons (Fsp3) is 0.565. The number of nitrogens with zero attached hydrogens (tertiary/aromatic N) is 3. The van der Waals surface area contributed by atoms with Gasteiger partial charge in [-0.2, -0.15) is 0 Å². The number of imidazole rings is 1. The smallest absolute Gasteiger partial charge is 0.251 e. The summed E-state index contributed by atoms with van der Waals surface area (Å²) in [6.45, 7) is 4.05. The highest BCUT2D eigenvalue weighted by molar-refractivity contribution is 5.81. The fourth-order valence-electron chi connectivity index (χ4n) is 4.62. The Morgan fingerprint density at radius 2 is 2.03 bits per heavy atom. The summed E-state index contributed by atoms with van der Waals surface area (Å²) in [6.07, 6.45) is 7.49. The van der Waals surface area contributed by atoms with E-state index in [0.29, 0.717) is 12.5 Å². The number of aromatic nitrogens is 2. The third-order valence-electron chi connectivity index (χ3n) is 6.64. The number of piperidine rings is 1. The topological polar surface area (TPSA) is 68.6 Å². The molecule has 1 saturated heterocycles. The summed E-state index contributed by atoms with van der Waals surface area (Å²) in [6, 6.07) is 8.25. The molecule has 0 radical (unpaired) electrons. The minimum absolute atomic E-state index is 0.0151. The van der Waals surface area contributed by atoms with Gasteiger partial charge in [0.15, 0.2) is 6.10 Å². The maximum Gasteiger partial charge on any atom is 0.251 e. The lowest BCUT2D eigenvalue weighted by molar-refractivity contribution is -0.173. The van der Waals surface area contributed by atoms with Gasteiger partial charge in [-0.05, 0) is 49.3 Å². The van der Waals surface area contributed by atoms with Gasteiger partial charge in [-0.25, -0.2) is 4.98 Å². The highest BCUT2D eigenvalue weighted by atomic mass is 16.5. The average molecular weight is 411 g/mol. The van der Waals surface area contributed by atoms with Crippen LogP contribution >= 0.6 is 0 Å². The molecule has 1 aromatic heterocycles. The summed E-state index contributed by atoms with van der Waals surface area (Å²) in [7, 11) is 1.69. The van der Waals surface area contributed by atoms with E-state index < -0.39 is 11.7 Å². The Morgan fingerprint density at radius 3 is 2.73 bits per heavy atom. The lowest BCUT2D eigenvalue weighted by Gasteiger charge is -2.45. The number of benzene rings is 1. The molecule has 5 rings (SSSR count). The average Bonchev–Trinajstić information content (AvgIpc) is 3.48. The van der Waals surface area contributed by atoms with Crippen molar-refractivity contribution < 1.29 is 14.3 Å². The monoisotopic (exact) mass is 410 g/mol. The maximum atomic E-state index is 12.8. The number of hydrogen-bond donors (Lipinski definition) is 1. The van der Waals surface area contributed by atoms with Gasteiger partial charge in [0.1, 0.15) is 17.2 Å². The quantitative estimate of drug-likeness (QED) is 0.792. The van der Waals surface area contributed by atoms with Crippen LogP contribution in [-0.2, 0) is 28.2 Å². The molecule has 2 fully saturated rings. The molecule has 1 amide bonds. The Bertz CT molecular complexity index is 882. The largest absolute Gasteiger partial charge is 0.497 e. The Balaban J connectivity index is 1.25. The van der Waals surface area contributed by atoms with Gasteiger partial charge in [0.2, 0.25) is 0 Å². The number of hydrogen-bond acceptors (Lipinski definition) is 5. The first-order valence-electron chi connectivity index (χ1n) is 11.0. The van der Waals surface area contributed by atoms with Crippen LogP contribution in [0.15, 0.2) is 36.7 Å². The predicted octanol–water partition coefficient (Wildman–Crippen LogP) is 2.31. The molecule has 3 heterocycles. The third-order valence-corrected chi connectivity index (χ3v) is 6.64. The minimum Gasteiger partial charge on any atom is -0.497 e. The lowest BCUT2D eigenvalue weighted by atomic mass is 9.88. The van der Waals surface area contributed by atoms with Gasteiger partial charge >= 0.3 is 0 Å². The molecule has 2 aliphatic heterocycles. The number of ether oxygens (including phenoxy) is 2. The predicted molar refractivity (Wildman–Crippen MR) is 112 cm³/mol. The van der Waals surface area contributed by atoms with Crippen molar-refractivity contribution in [1.29, 1.82) is 0 Å². The number of methoxy groups -OCH3 is 1. The van der Waals surface area contributed by atoms with E-state index in [-0.39, 0.29) is 5.91 Å². The molecular weight excluding hydrogens is 380 g/mol. The van der Waals surface area contributed by atoms with E-state index in [1.165, 1.54) is 18.4 Å². The Morgan fingerprint density at radius 1 is 1.27 bits per heavy atom. The zero-order valence-corrected chi connectivity index (χ0v) is 17.5. The third kappa shape index (κ3) is 3.96. The molecule has 1 spiro atoms. The zero-order chi connectivity index (χ0) is 20.6. The van der Waals surface area contributed by atoms with Crippen LogP contribution in [0.3, 0.4) is 0 Å². The highest BCUT2D eigenvalue weighted by Crippen LogP contribution is 2.40. The molecular formula is C23H30N4O3. The van der Waals surface area contributed by atoms with E-state index in [0.717, 1.165) is 50.6 Å². The summed E-state index contributed by atoms with van der Waals surface area (Å²) in [5, 5.41) is 3.09. The van der Waals surface area contributed by atoms with Crippen molar-refractivity contribution in [3.8, 4) is 5.75 Å². The Kier molecular flexibility index (Phi) is 5.25. The van der Waals surface area contributed by atoms with E-state index in [2.05, 4.69) is 31.9 Å². The molecule has 0 unspecified atom stereocenters. The summed E-state index contributed by atoms with van der Waals surface area (Å²) in [5.41, 5.74) is 0.801. The van der Waals surface area contributed by atoms with Crippen LogP contribution in [0.5, 0.6) is 5.75 Å². The van der Waals surface area contributed by atoms with Gasteiger partial charge in [-0.1, -0.05) is 12.1 Å². The van der Waals surface area contributed by atoms with Crippen molar-refractivity contribution in [2.45, 2.75) is 50.5 Å². The second-order valence-electron chi connectivity index (χ2n) is 8.82. The fourth-order valence-corrected chi connectivity index (χ4v) is 4.62. The first kappa shape index (κ1) is 19.6. The maximum absolute atomic E-state index is 12.8. The van der Waals surface area contributed by atoms with Crippen molar-refractivity contribution in [3.63, 3.8) is 0 Å².